The lowest BCUT2D eigenvalue weighted by molar-refractivity contribution is -0.161. The SMILES string of the molecule is COC(=O)C(C)(O)Cn1cnc2c(C)csc2c1=O. The van der Waals surface area contributed by atoms with E-state index in [-0.39, 0.29) is 12.1 Å². The molecule has 0 amide bonds. The highest BCUT2D eigenvalue weighted by Gasteiger charge is 2.32. The van der Waals surface area contributed by atoms with Crippen LogP contribution < -0.4 is 5.56 Å². The fourth-order valence-corrected chi connectivity index (χ4v) is 2.74. The number of carbonyl (C=O) groups excluding carboxylic acids is 1. The van der Waals surface area contributed by atoms with Crippen LogP contribution in [0.3, 0.4) is 0 Å². The lowest BCUT2D eigenvalue weighted by atomic mass is 10.1. The van der Waals surface area contributed by atoms with Crippen LogP contribution in [0.2, 0.25) is 0 Å². The predicted molar refractivity (Wildman–Crippen MR) is 71.3 cm³/mol. The largest absolute Gasteiger partial charge is 0.467 e. The number of ether oxygens (including phenoxy) is 1. The molecule has 0 fully saturated rings. The monoisotopic (exact) mass is 282 g/mol. The van der Waals surface area contributed by atoms with Crippen LogP contribution in [0.1, 0.15) is 12.5 Å². The number of aliphatic hydroxyl groups is 1. The van der Waals surface area contributed by atoms with Crippen molar-refractivity contribution in [3.05, 3.63) is 27.6 Å². The third-order valence-electron chi connectivity index (χ3n) is 2.83. The molecule has 0 aliphatic rings. The van der Waals surface area contributed by atoms with E-state index < -0.39 is 11.6 Å². The van der Waals surface area contributed by atoms with Crippen LogP contribution in [-0.2, 0) is 16.1 Å². The van der Waals surface area contributed by atoms with Gasteiger partial charge in [-0.25, -0.2) is 9.78 Å². The minimum Gasteiger partial charge on any atom is -0.467 e. The molecule has 2 aromatic rings. The second kappa shape index (κ2) is 4.75. The molecule has 1 unspecified atom stereocenters. The van der Waals surface area contributed by atoms with Crippen molar-refractivity contribution in [3.63, 3.8) is 0 Å². The van der Waals surface area contributed by atoms with Gasteiger partial charge in [0.1, 0.15) is 4.70 Å². The molecule has 1 N–H and O–H groups in total. The Morgan fingerprint density at radius 1 is 1.63 bits per heavy atom. The van der Waals surface area contributed by atoms with Crippen LogP contribution in [0.5, 0.6) is 0 Å². The molecule has 2 rings (SSSR count). The van der Waals surface area contributed by atoms with Crippen LogP contribution in [0.4, 0.5) is 0 Å². The Morgan fingerprint density at radius 3 is 2.95 bits per heavy atom. The van der Waals surface area contributed by atoms with Crippen molar-refractivity contribution in [1.82, 2.24) is 9.55 Å². The van der Waals surface area contributed by atoms with Crippen molar-refractivity contribution in [1.29, 1.82) is 0 Å². The molecule has 0 bridgehead atoms. The lowest BCUT2D eigenvalue weighted by Gasteiger charge is -2.20. The van der Waals surface area contributed by atoms with Crippen molar-refractivity contribution < 1.29 is 14.6 Å². The highest BCUT2D eigenvalue weighted by atomic mass is 32.1. The van der Waals surface area contributed by atoms with Crippen LogP contribution in [0, 0.1) is 6.92 Å². The summed E-state index contributed by atoms with van der Waals surface area (Å²) in [5.74, 6) is -0.790. The van der Waals surface area contributed by atoms with Crippen LogP contribution >= 0.6 is 11.3 Å². The Labute approximate surface area is 113 Å². The zero-order valence-corrected chi connectivity index (χ0v) is 11.7. The van der Waals surface area contributed by atoms with E-state index in [1.54, 1.807) is 0 Å². The van der Waals surface area contributed by atoms with E-state index >= 15 is 0 Å². The minimum atomic E-state index is -1.76. The van der Waals surface area contributed by atoms with Crippen molar-refractivity contribution in [2.24, 2.45) is 0 Å². The minimum absolute atomic E-state index is 0.196. The van der Waals surface area contributed by atoms with Gasteiger partial charge in [-0.05, 0) is 24.8 Å². The number of methoxy groups -OCH3 is 1. The molecule has 0 radical (unpaired) electrons. The third kappa shape index (κ3) is 2.39. The van der Waals surface area contributed by atoms with Crippen molar-refractivity contribution in [2.75, 3.05) is 7.11 Å². The quantitative estimate of drug-likeness (QED) is 0.838. The Hall–Kier alpha value is -1.73. The van der Waals surface area contributed by atoms with E-state index in [0.717, 1.165) is 5.56 Å². The number of fused-ring (bicyclic) bond motifs is 1. The number of nitrogens with zero attached hydrogens (tertiary/aromatic N) is 2. The molecule has 7 heteroatoms. The zero-order valence-electron chi connectivity index (χ0n) is 10.8. The predicted octanol–water partition coefficient (Wildman–Crippen LogP) is 0.690. The van der Waals surface area contributed by atoms with Crippen molar-refractivity contribution >= 4 is 27.5 Å². The number of hydrogen-bond donors (Lipinski definition) is 1. The van der Waals surface area contributed by atoms with Crippen LogP contribution in [0.15, 0.2) is 16.5 Å². The molecule has 6 nitrogen and oxygen atoms in total. The lowest BCUT2D eigenvalue weighted by Crippen LogP contribution is -2.43. The maximum Gasteiger partial charge on any atom is 0.339 e. The van der Waals surface area contributed by atoms with Gasteiger partial charge in [0, 0.05) is 0 Å². The van der Waals surface area contributed by atoms with Gasteiger partial charge in [-0.1, -0.05) is 0 Å². The van der Waals surface area contributed by atoms with Gasteiger partial charge < -0.3 is 9.84 Å². The molecule has 1 atom stereocenters. The average Bonchev–Trinajstić information content (AvgIpc) is 2.74. The first-order valence-corrected chi connectivity index (χ1v) is 6.49. The zero-order chi connectivity index (χ0) is 14.2. The molecule has 19 heavy (non-hydrogen) atoms. The molecule has 0 aromatic carbocycles. The van der Waals surface area contributed by atoms with Gasteiger partial charge in [0.25, 0.3) is 5.56 Å². The summed E-state index contributed by atoms with van der Waals surface area (Å²) < 4.78 is 6.23. The first-order chi connectivity index (χ1) is 8.86. The van der Waals surface area contributed by atoms with E-state index in [1.807, 2.05) is 12.3 Å². The molecular formula is C12H14N2O4S. The number of carbonyl (C=O) groups is 1. The Kier molecular flexibility index (Phi) is 3.42. The third-order valence-corrected chi connectivity index (χ3v) is 3.90. The second-order valence-electron chi connectivity index (χ2n) is 4.54. The second-order valence-corrected chi connectivity index (χ2v) is 5.42. The number of aryl methyl sites for hydroxylation is 1. The van der Waals surface area contributed by atoms with E-state index in [9.17, 15) is 14.7 Å². The first-order valence-electron chi connectivity index (χ1n) is 5.61. The summed E-state index contributed by atoms with van der Waals surface area (Å²) in [5, 5.41) is 11.8. The summed E-state index contributed by atoms with van der Waals surface area (Å²) in [6, 6.07) is 0. The number of esters is 1. The van der Waals surface area contributed by atoms with Gasteiger partial charge in [-0.2, -0.15) is 0 Å². The topological polar surface area (TPSA) is 81.4 Å². The fourth-order valence-electron chi connectivity index (χ4n) is 1.79. The molecule has 0 aliphatic heterocycles. The molecule has 0 saturated heterocycles. The van der Waals surface area contributed by atoms with E-state index in [2.05, 4.69) is 9.72 Å². The molecule has 2 heterocycles. The Bertz CT molecular complexity index is 687. The maximum atomic E-state index is 12.2. The van der Waals surface area contributed by atoms with Gasteiger partial charge in [0.2, 0.25) is 0 Å². The molecule has 0 aliphatic carbocycles. The van der Waals surface area contributed by atoms with Gasteiger partial charge >= 0.3 is 5.97 Å². The van der Waals surface area contributed by atoms with Gasteiger partial charge in [-0.3, -0.25) is 9.36 Å². The summed E-state index contributed by atoms with van der Waals surface area (Å²) in [6.07, 6.45) is 1.34. The molecular weight excluding hydrogens is 268 g/mol. The van der Waals surface area contributed by atoms with E-state index in [0.29, 0.717) is 10.2 Å². The molecule has 2 aromatic heterocycles. The molecule has 0 saturated carbocycles. The smallest absolute Gasteiger partial charge is 0.339 e. The standard InChI is InChI=1S/C12H14N2O4S/c1-7-4-19-9-8(7)13-6-14(10(9)15)5-12(2,17)11(16)18-3/h4,6,17H,5H2,1-3H3. The summed E-state index contributed by atoms with van der Waals surface area (Å²) in [6.45, 7) is 2.98. The summed E-state index contributed by atoms with van der Waals surface area (Å²) >= 11 is 1.30. The number of aromatic nitrogens is 2. The van der Waals surface area contributed by atoms with Crippen molar-refractivity contribution in [3.8, 4) is 0 Å². The Balaban J connectivity index is 2.45. The highest BCUT2D eigenvalue weighted by Crippen LogP contribution is 2.19. The number of rotatable bonds is 3. The maximum absolute atomic E-state index is 12.2. The Morgan fingerprint density at radius 2 is 2.32 bits per heavy atom. The van der Waals surface area contributed by atoms with Gasteiger partial charge in [0.05, 0.1) is 25.5 Å². The molecule has 102 valence electrons. The summed E-state index contributed by atoms with van der Waals surface area (Å²) in [7, 11) is 1.18. The van der Waals surface area contributed by atoms with Gasteiger partial charge in [-0.15, -0.1) is 11.3 Å². The first kappa shape index (κ1) is 13.7. The summed E-state index contributed by atoms with van der Waals surface area (Å²) in [4.78, 5) is 27.8. The number of hydrogen-bond acceptors (Lipinski definition) is 6. The average molecular weight is 282 g/mol. The van der Waals surface area contributed by atoms with Crippen LogP contribution in [0.25, 0.3) is 10.2 Å². The normalized spacial score (nSPS) is 14.3. The molecule has 0 spiro atoms. The number of thiophene rings is 1. The van der Waals surface area contributed by atoms with Crippen molar-refractivity contribution in [2.45, 2.75) is 26.0 Å². The van der Waals surface area contributed by atoms with E-state index in [4.69, 9.17) is 0 Å². The highest BCUT2D eigenvalue weighted by molar-refractivity contribution is 7.17. The van der Waals surface area contributed by atoms with Gasteiger partial charge in [0.15, 0.2) is 5.60 Å². The van der Waals surface area contributed by atoms with E-state index in [1.165, 1.54) is 36.3 Å². The fraction of sp³-hybridized carbons (Fsp3) is 0.417. The van der Waals surface area contributed by atoms with Crippen LogP contribution in [-0.4, -0.2) is 33.3 Å². The summed E-state index contributed by atoms with van der Waals surface area (Å²) in [5.41, 5.74) is -0.444.